The van der Waals surface area contributed by atoms with Gasteiger partial charge in [-0.3, -0.25) is 4.79 Å². The van der Waals surface area contributed by atoms with E-state index in [4.69, 9.17) is 5.73 Å². The monoisotopic (exact) mass is 309 g/mol. The van der Waals surface area contributed by atoms with Gasteiger partial charge in [-0.1, -0.05) is 13.8 Å². The van der Waals surface area contributed by atoms with Gasteiger partial charge in [-0.15, -0.1) is 11.3 Å². The lowest BCUT2D eigenvalue weighted by Gasteiger charge is -2.17. The van der Waals surface area contributed by atoms with E-state index in [1.807, 2.05) is 0 Å². The summed E-state index contributed by atoms with van der Waals surface area (Å²) in [5.74, 6) is 0.648. The second-order valence-corrected chi connectivity index (χ2v) is 6.75. The Balaban J connectivity index is 1.96. The van der Waals surface area contributed by atoms with Crippen LogP contribution in [0.2, 0.25) is 0 Å². The molecule has 21 heavy (non-hydrogen) atoms. The first-order valence-electron chi connectivity index (χ1n) is 7.97. The quantitative estimate of drug-likeness (QED) is 0.541. The number of rotatable bonds is 9. The molecule has 5 heteroatoms. The lowest BCUT2D eigenvalue weighted by Crippen LogP contribution is -2.25. The topological polar surface area (TPSA) is 58.4 Å². The lowest BCUT2D eigenvalue weighted by molar-refractivity contribution is 0.102. The van der Waals surface area contributed by atoms with Crippen LogP contribution in [-0.2, 0) is 0 Å². The average molecular weight is 309 g/mol. The predicted molar refractivity (Wildman–Crippen MR) is 91.6 cm³/mol. The Morgan fingerprint density at radius 2 is 2.05 bits per heavy atom. The van der Waals surface area contributed by atoms with Crippen molar-refractivity contribution in [2.24, 2.45) is 0 Å². The average Bonchev–Trinajstić information content (AvgIpc) is 3.23. The summed E-state index contributed by atoms with van der Waals surface area (Å²) in [7, 11) is 0. The van der Waals surface area contributed by atoms with Crippen molar-refractivity contribution in [3.05, 3.63) is 10.4 Å². The van der Waals surface area contributed by atoms with Gasteiger partial charge in [0, 0.05) is 19.0 Å². The summed E-state index contributed by atoms with van der Waals surface area (Å²) >= 11 is 1.53. The van der Waals surface area contributed by atoms with Crippen molar-refractivity contribution >= 4 is 27.8 Å². The molecular weight excluding hydrogens is 282 g/mol. The third kappa shape index (κ3) is 3.98. The van der Waals surface area contributed by atoms with Crippen LogP contribution in [0, 0.1) is 0 Å². The summed E-state index contributed by atoms with van der Waals surface area (Å²) < 4.78 is 0. The Morgan fingerprint density at radius 1 is 1.38 bits per heavy atom. The van der Waals surface area contributed by atoms with Crippen molar-refractivity contribution in [1.82, 2.24) is 4.90 Å². The van der Waals surface area contributed by atoms with Crippen LogP contribution < -0.4 is 11.1 Å². The molecular formula is C16H27N3OS. The summed E-state index contributed by atoms with van der Waals surface area (Å²) in [5, 5.41) is 4.64. The molecule has 1 aromatic rings. The van der Waals surface area contributed by atoms with Gasteiger partial charge in [0.05, 0.1) is 15.6 Å². The molecule has 1 aliphatic rings. The number of nitrogens with one attached hydrogen (secondary N) is 1. The Labute approximate surface area is 131 Å². The van der Waals surface area contributed by atoms with Crippen molar-refractivity contribution in [1.29, 1.82) is 0 Å². The molecule has 0 spiro atoms. The molecule has 0 saturated heterocycles. The predicted octanol–water partition coefficient (Wildman–Crippen LogP) is 3.55. The Kier molecular flexibility index (Phi) is 5.65. The summed E-state index contributed by atoms with van der Waals surface area (Å²) in [5.41, 5.74) is 8.11. The molecule has 118 valence electrons. The van der Waals surface area contributed by atoms with Crippen LogP contribution in [0.4, 0.5) is 10.7 Å². The molecule has 0 bridgehead atoms. The van der Waals surface area contributed by atoms with Crippen LogP contribution in [0.3, 0.4) is 0 Å². The number of nitrogen functional groups attached to an aromatic ring is 1. The number of hydrogen-bond donors (Lipinski definition) is 2. The van der Waals surface area contributed by atoms with E-state index in [-0.39, 0.29) is 5.78 Å². The number of ketones is 1. The molecule has 0 atom stereocenters. The fourth-order valence-electron chi connectivity index (χ4n) is 2.67. The van der Waals surface area contributed by atoms with E-state index < -0.39 is 0 Å². The molecule has 1 fully saturated rings. The van der Waals surface area contributed by atoms with Gasteiger partial charge in [-0.05, 0) is 44.8 Å². The van der Waals surface area contributed by atoms with E-state index in [1.54, 1.807) is 6.92 Å². The third-order valence-corrected chi connectivity index (χ3v) is 5.40. The molecule has 1 heterocycles. The van der Waals surface area contributed by atoms with E-state index in [9.17, 15) is 4.79 Å². The van der Waals surface area contributed by atoms with Crippen LogP contribution in [0.15, 0.2) is 0 Å². The maximum Gasteiger partial charge on any atom is 0.171 e. The third-order valence-electron chi connectivity index (χ3n) is 4.12. The van der Waals surface area contributed by atoms with Gasteiger partial charge >= 0.3 is 0 Å². The Bertz CT molecular complexity index is 490. The van der Waals surface area contributed by atoms with Gasteiger partial charge in [-0.2, -0.15) is 0 Å². The number of anilines is 2. The highest BCUT2D eigenvalue weighted by Gasteiger charge is 2.32. The summed E-state index contributed by atoms with van der Waals surface area (Å²) in [6.07, 6.45) is 3.51. The van der Waals surface area contributed by atoms with Gasteiger partial charge in [0.25, 0.3) is 0 Å². The molecule has 0 amide bonds. The minimum Gasteiger partial charge on any atom is -0.397 e. The Hall–Kier alpha value is -1.07. The first-order valence-corrected chi connectivity index (χ1v) is 8.79. The second-order valence-electron chi connectivity index (χ2n) is 5.73. The van der Waals surface area contributed by atoms with Crippen LogP contribution in [-0.4, -0.2) is 36.9 Å². The zero-order chi connectivity index (χ0) is 15.4. The van der Waals surface area contributed by atoms with Crippen LogP contribution in [0.25, 0.3) is 0 Å². The largest absolute Gasteiger partial charge is 0.397 e. The molecule has 3 N–H and O–H groups in total. The van der Waals surface area contributed by atoms with Crippen LogP contribution in [0.5, 0.6) is 0 Å². The molecule has 1 aliphatic carbocycles. The molecule has 1 aromatic heterocycles. The first kappa shape index (κ1) is 16.3. The number of Topliss-reactive ketones (excluding diaryl/α,β-unsaturated/α-hetero) is 1. The standard InChI is InChI=1S/C16H27N3OS/c1-4-19(5-2)10-6-9-18-16-13(12-7-8-12)14(17)15(21-16)11(3)20/h12,18H,4-10,17H2,1-3H3. The SMILES string of the molecule is CCN(CC)CCCNc1sc(C(C)=O)c(N)c1C1CC1. The highest BCUT2D eigenvalue weighted by molar-refractivity contribution is 7.18. The van der Waals surface area contributed by atoms with Crippen LogP contribution in [0.1, 0.15) is 61.2 Å². The molecule has 0 aromatic carbocycles. The van der Waals surface area contributed by atoms with Gasteiger partial charge < -0.3 is 16.0 Å². The first-order chi connectivity index (χ1) is 10.1. The smallest absolute Gasteiger partial charge is 0.171 e. The summed E-state index contributed by atoms with van der Waals surface area (Å²) in [6, 6.07) is 0. The van der Waals surface area contributed by atoms with E-state index in [0.717, 1.165) is 48.2 Å². The fraction of sp³-hybridized carbons (Fsp3) is 0.688. The molecule has 2 rings (SSSR count). The van der Waals surface area contributed by atoms with Gasteiger partial charge in [0.15, 0.2) is 5.78 Å². The van der Waals surface area contributed by atoms with Gasteiger partial charge in [0.1, 0.15) is 0 Å². The number of hydrogen-bond acceptors (Lipinski definition) is 5. The van der Waals surface area contributed by atoms with Crippen molar-refractivity contribution < 1.29 is 4.79 Å². The van der Waals surface area contributed by atoms with Crippen molar-refractivity contribution in [3.63, 3.8) is 0 Å². The molecule has 0 radical (unpaired) electrons. The van der Waals surface area contributed by atoms with E-state index in [1.165, 1.54) is 29.7 Å². The molecule has 1 saturated carbocycles. The van der Waals surface area contributed by atoms with E-state index in [0.29, 0.717) is 5.92 Å². The van der Waals surface area contributed by atoms with Crippen molar-refractivity contribution in [2.45, 2.75) is 46.0 Å². The Morgan fingerprint density at radius 3 is 2.57 bits per heavy atom. The van der Waals surface area contributed by atoms with Crippen molar-refractivity contribution in [2.75, 3.05) is 37.2 Å². The number of carbonyl (C=O) groups is 1. The molecule has 0 aliphatic heterocycles. The van der Waals surface area contributed by atoms with E-state index in [2.05, 4.69) is 24.1 Å². The number of nitrogens with zero attached hydrogens (tertiary/aromatic N) is 1. The minimum atomic E-state index is 0.0793. The zero-order valence-corrected chi connectivity index (χ0v) is 14.2. The maximum atomic E-state index is 11.7. The van der Waals surface area contributed by atoms with Gasteiger partial charge in [-0.25, -0.2) is 0 Å². The highest BCUT2D eigenvalue weighted by Crippen LogP contribution is 2.50. The van der Waals surface area contributed by atoms with Crippen LogP contribution >= 0.6 is 11.3 Å². The molecule has 0 unspecified atom stereocenters. The summed E-state index contributed by atoms with van der Waals surface area (Å²) in [6.45, 7) is 10.2. The van der Waals surface area contributed by atoms with Gasteiger partial charge in [0.2, 0.25) is 0 Å². The minimum absolute atomic E-state index is 0.0793. The second kappa shape index (κ2) is 7.27. The zero-order valence-electron chi connectivity index (χ0n) is 13.4. The fourth-order valence-corrected chi connectivity index (χ4v) is 3.80. The number of nitrogens with two attached hydrogens (primary N) is 1. The summed E-state index contributed by atoms with van der Waals surface area (Å²) in [4.78, 5) is 14.8. The van der Waals surface area contributed by atoms with E-state index >= 15 is 0 Å². The number of carbonyl (C=O) groups excluding carboxylic acids is 1. The lowest BCUT2D eigenvalue weighted by atomic mass is 10.1. The normalized spacial score (nSPS) is 14.7. The number of thiophene rings is 1. The van der Waals surface area contributed by atoms with Crippen molar-refractivity contribution in [3.8, 4) is 0 Å². The maximum absolute atomic E-state index is 11.7. The molecule has 4 nitrogen and oxygen atoms in total. The highest BCUT2D eigenvalue weighted by atomic mass is 32.1.